The first-order chi connectivity index (χ1) is 8.54. The van der Waals surface area contributed by atoms with Gasteiger partial charge in [0, 0.05) is 6.54 Å². The van der Waals surface area contributed by atoms with E-state index < -0.39 is 0 Å². The molecule has 0 aliphatic rings. The van der Waals surface area contributed by atoms with Gasteiger partial charge in [0.25, 0.3) is 0 Å². The minimum atomic E-state index is -0.375. The highest BCUT2D eigenvalue weighted by Gasteiger charge is 2.08. The summed E-state index contributed by atoms with van der Waals surface area (Å²) >= 11 is 0. The number of benzene rings is 1. The first kappa shape index (κ1) is 14.3. The maximum atomic E-state index is 11.5. The second-order valence-electron chi connectivity index (χ2n) is 4.09. The van der Waals surface area contributed by atoms with Gasteiger partial charge in [0.2, 0.25) is 0 Å². The van der Waals surface area contributed by atoms with Crippen LogP contribution in [0.2, 0.25) is 0 Å². The van der Waals surface area contributed by atoms with Crippen LogP contribution in [-0.4, -0.2) is 30.3 Å². The Morgan fingerprint density at radius 3 is 2.83 bits per heavy atom. The lowest BCUT2D eigenvalue weighted by Gasteiger charge is -2.11. The number of hydrogen-bond donors (Lipinski definition) is 3. The van der Waals surface area contributed by atoms with Gasteiger partial charge in [-0.05, 0) is 38.5 Å². The Morgan fingerprint density at radius 1 is 1.56 bits per heavy atom. The van der Waals surface area contributed by atoms with E-state index in [4.69, 9.17) is 15.6 Å². The lowest BCUT2D eigenvalue weighted by atomic mass is 10.1. The van der Waals surface area contributed by atoms with Gasteiger partial charge < -0.3 is 20.9 Å². The molecule has 0 radical (unpaired) electrons. The molecule has 1 aromatic rings. The maximum Gasteiger partial charge on any atom is 0.338 e. The normalized spacial score (nSPS) is 11.9. The molecule has 0 heterocycles. The van der Waals surface area contributed by atoms with Crippen molar-refractivity contribution in [3.05, 3.63) is 23.8 Å². The van der Waals surface area contributed by atoms with E-state index in [2.05, 4.69) is 5.32 Å². The second-order valence-corrected chi connectivity index (χ2v) is 4.09. The van der Waals surface area contributed by atoms with Gasteiger partial charge in [-0.2, -0.15) is 0 Å². The van der Waals surface area contributed by atoms with Crippen LogP contribution in [0.1, 0.15) is 30.6 Å². The minimum absolute atomic E-state index is 0.340. The van der Waals surface area contributed by atoms with Gasteiger partial charge >= 0.3 is 5.97 Å². The first-order valence-electron chi connectivity index (χ1n) is 6.03. The molecule has 0 spiro atoms. The zero-order valence-electron chi connectivity index (χ0n) is 10.8. The molecule has 0 fully saturated rings. The fraction of sp³-hybridized carbons (Fsp3) is 0.462. The molecule has 0 aromatic heterocycles. The number of esters is 1. The molecule has 0 unspecified atom stereocenters. The number of carbonyl (C=O) groups excluding carboxylic acids is 1. The van der Waals surface area contributed by atoms with Crippen LogP contribution < -0.4 is 11.1 Å². The van der Waals surface area contributed by atoms with Gasteiger partial charge in [-0.3, -0.25) is 0 Å². The molecule has 5 nitrogen and oxygen atoms in total. The number of nitrogens with one attached hydrogen (secondary N) is 1. The van der Waals surface area contributed by atoms with E-state index >= 15 is 0 Å². The third-order valence-corrected chi connectivity index (χ3v) is 2.44. The van der Waals surface area contributed by atoms with Crippen molar-refractivity contribution in [2.24, 2.45) is 0 Å². The van der Waals surface area contributed by atoms with Crippen LogP contribution in [0.3, 0.4) is 0 Å². The smallest absolute Gasteiger partial charge is 0.338 e. The Kier molecular flexibility index (Phi) is 5.45. The van der Waals surface area contributed by atoms with Crippen molar-refractivity contribution in [1.82, 2.24) is 0 Å². The lowest BCUT2D eigenvalue weighted by Crippen LogP contribution is -2.11. The van der Waals surface area contributed by atoms with Gasteiger partial charge in [-0.15, -0.1) is 0 Å². The zero-order chi connectivity index (χ0) is 13.5. The Hall–Kier alpha value is -1.75. The van der Waals surface area contributed by atoms with E-state index in [1.807, 2.05) is 0 Å². The summed E-state index contributed by atoms with van der Waals surface area (Å²) in [7, 11) is 0. The number of carbonyl (C=O) groups is 1. The summed E-state index contributed by atoms with van der Waals surface area (Å²) in [5, 5.41) is 12.2. The van der Waals surface area contributed by atoms with Crippen LogP contribution in [0.4, 0.5) is 11.4 Å². The number of rotatable bonds is 6. The Bertz CT molecular complexity index is 405. The van der Waals surface area contributed by atoms with Gasteiger partial charge in [-0.25, -0.2) is 4.79 Å². The highest BCUT2D eigenvalue weighted by Crippen LogP contribution is 2.20. The van der Waals surface area contributed by atoms with Gasteiger partial charge in [0.15, 0.2) is 0 Å². The molecule has 0 aliphatic heterocycles. The molecule has 4 N–H and O–H groups in total. The Morgan fingerprint density at radius 2 is 2.28 bits per heavy atom. The fourth-order valence-corrected chi connectivity index (χ4v) is 1.48. The number of hydrogen-bond acceptors (Lipinski definition) is 5. The molecule has 0 aliphatic carbocycles. The van der Waals surface area contributed by atoms with E-state index in [0.717, 1.165) is 5.69 Å². The largest absolute Gasteiger partial charge is 0.462 e. The highest BCUT2D eigenvalue weighted by molar-refractivity contribution is 5.91. The summed E-state index contributed by atoms with van der Waals surface area (Å²) in [6.45, 7) is 4.45. The third kappa shape index (κ3) is 4.25. The summed E-state index contributed by atoms with van der Waals surface area (Å²) in [5.41, 5.74) is 7.52. The molecule has 5 heteroatoms. The molecular weight excluding hydrogens is 232 g/mol. The van der Waals surface area contributed by atoms with Crippen molar-refractivity contribution in [3.8, 4) is 0 Å². The van der Waals surface area contributed by atoms with Crippen LogP contribution in [0.5, 0.6) is 0 Å². The number of nitrogen functional groups attached to an aromatic ring is 1. The molecule has 0 amide bonds. The molecular formula is C13H20N2O3. The van der Waals surface area contributed by atoms with Crippen molar-refractivity contribution in [2.45, 2.75) is 26.4 Å². The Labute approximate surface area is 107 Å². The van der Waals surface area contributed by atoms with Crippen molar-refractivity contribution in [1.29, 1.82) is 0 Å². The molecule has 1 rings (SSSR count). The lowest BCUT2D eigenvalue weighted by molar-refractivity contribution is 0.0526. The zero-order valence-corrected chi connectivity index (χ0v) is 10.8. The van der Waals surface area contributed by atoms with E-state index in [0.29, 0.717) is 30.8 Å². The van der Waals surface area contributed by atoms with Crippen molar-refractivity contribution in [2.75, 3.05) is 24.2 Å². The summed E-state index contributed by atoms with van der Waals surface area (Å²) < 4.78 is 4.89. The average Bonchev–Trinajstić information content (AvgIpc) is 2.31. The molecule has 100 valence electrons. The monoisotopic (exact) mass is 252 g/mol. The fourth-order valence-electron chi connectivity index (χ4n) is 1.48. The van der Waals surface area contributed by atoms with Crippen LogP contribution in [-0.2, 0) is 4.74 Å². The van der Waals surface area contributed by atoms with E-state index in [1.54, 1.807) is 32.0 Å². The number of ether oxygens (including phenoxy) is 1. The number of aliphatic hydroxyl groups excluding tert-OH is 1. The first-order valence-corrected chi connectivity index (χ1v) is 6.03. The van der Waals surface area contributed by atoms with Crippen LogP contribution in [0.15, 0.2) is 18.2 Å². The highest BCUT2D eigenvalue weighted by atomic mass is 16.5. The second kappa shape index (κ2) is 6.86. The summed E-state index contributed by atoms with van der Waals surface area (Å²) in [4.78, 5) is 11.5. The van der Waals surface area contributed by atoms with E-state index in [9.17, 15) is 4.79 Å². The Balaban J connectivity index is 2.65. The van der Waals surface area contributed by atoms with Crippen LogP contribution >= 0.6 is 0 Å². The predicted octanol–water partition coefficient (Wildman–Crippen LogP) is 1.63. The SMILES string of the molecule is CCOC(=O)c1ccc(NCC[C@@H](C)O)c(N)c1. The van der Waals surface area contributed by atoms with Gasteiger partial charge in [0.05, 0.1) is 29.6 Å². The van der Waals surface area contributed by atoms with Crippen molar-refractivity contribution < 1.29 is 14.6 Å². The standard InChI is InChI=1S/C13H20N2O3/c1-3-18-13(17)10-4-5-12(11(14)8-10)15-7-6-9(2)16/h4-5,8-9,15-16H,3,6-7,14H2,1-2H3/t9-/m1/s1. The molecule has 0 saturated carbocycles. The predicted molar refractivity (Wildman–Crippen MR) is 71.6 cm³/mol. The molecule has 18 heavy (non-hydrogen) atoms. The molecule has 1 atom stereocenters. The summed E-state index contributed by atoms with van der Waals surface area (Å²) in [6.07, 6.45) is 0.288. The quantitative estimate of drug-likeness (QED) is 0.529. The molecule has 0 saturated heterocycles. The number of anilines is 2. The van der Waals surface area contributed by atoms with E-state index in [1.165, 1.54) is 0 Å². The summed E-state index contributed by atoms with van der Waals surface area (Å²) in [5.74, 6) is -0.375. The van der Waals surface area contributed by atoms with Crippen molar-refractivity contribution >= 4 is 17.3 Å². The molecule has 0 bridgehead atoms. The maximum absolute atomic E-state index is 11.5. The average molecular weight is 252 g/mol. The van der Waals surface area contributed by atoms with E-state index in [-0.39, 0.29) is 12.1 Å². The van der Waals surface area contributed by atoms with Crippen molar-refractivity contribution in [3.63, 3.8) is 0 Å². The number of nitrogens with two attached hydrogens (primary N) is 1. The van der Waals surface area contributed by atoms with Crippen LogP contribution in [0, 0.1) is 0 Å². The molecule has 1 aromatic carbocycles. The topological polar surface area (TPSA) is 84.6 Å². The number of aliphatic hydroxyl groups is 1. The summed E-state index contributed by atoms with van der Waals surface area (Å²) in [6, 6.07) is 4.99. The van der Waals surface area contributed by atoms with Gasteiger partial charge in [0.1, 0.15) is 0 Å². The van der Waals surface area contributed by atoms with Gasteiger partial charge in [-0.1, -0.05) is 0 Å². The minimum Gasteiger partial charge on any atom is -0.462 e. The third-order valence-electron chi connectivity index (χ3n) is 2.44. The van der Waals surface area contributed by atoms with Crippen LogP contribution in [0.25, 0.3) is 0 Å².